The van der Waals surface area contributed by atoms with Gasteiger partial charge in [-0.05, 0) is 36.2 Å². The number of rotatable bonds is 3. The third kappa shape index (κ3) is 3.22. The lowest BCUT2D eigenvalue weighted by atomic mass is 10.1. The Morgan fingerprint density at radius 1 is 1.00 bits per heavy atom. The number of benzene rings is 2. The molecule has 0 aromatic heterocycles. The molecule has 2 aromatic carbocycles. The van der Waals surface area contributed by atoms with E-state index in [1.165, 1.54) is 4.90 Å². The number of carbonyl (C=O) groups excluding carboxylic acids is 2. The van der Waals surface area contributed by atoms with Crippen LogP contribution in [-0.4, -0.2) is 29.8 Å². The van der Waals surface area contributed by atoms with Gasteiger partial charge in [0.1, 0.15) is 0 Å². The number of aryl methyl sites for hydroxylation is 1. The first-order valence-electron chi connectivity index (χ1n) is 7.47. The van der Waals surface area contributed by atoms with Crippen LogP contribution in [0.3, 0.4) is 0 Å². The van der Waals surface area contributed by atoms with Crippen molar-refractivity contribution in [2.75, 3.05) is 18.0 Å². The molecule has 1 aliphatic heterocycles. The topological polar surface area (TPSA) is 40.6 Å². The molecule has 0 unspecified atom stereocenters. The second kappa shape index (κ2) is 6.42. The van der Waals surface area contributed by atoms with Gasteiger partial charge in [0.2, 0.25) is 0 Å². The molecule has 0 N–H and O–H groups in total. The molecular formula is C18H17ClN2O2. The van der Waals surface area contributed by atoms with Crippen LogP contribution in [0, 0.1) is 6.92 Å². The summed E-state index contributed by atoms with van der Waals surface area (Å²) in [5.74, 6) is -0.980. The van der Waals surface area contributed by atoms with Gasteiger partial charge in [0, 0.05) is 30.3 Å². The average molecular weight is 329 g/mol. The third-order valence-corrected chi connectivity index (χ3v) is 4.29. The summed E-state index contributed by atoms with van der Waals surface area (Å²) in [7, 11) is 0. The van der Waals surface area contributed by atoms with Crippen LogP contribution in [0.25, 0.3) is 0 Å². The number of piperazine rings is 1. The summed E-state index contributed by atoms with van der Waals surface area (Å²) in [6, 6.07) is 14.9. The largest absolute Gasteiger partial charge is 0.328 e. The predicted octanol–water partition coefficient (Wildman–Crippen LogP) is 3.02. The Morgan fingerprint density at radius 2 is 1.78 bits per heavy atom. The SMILES string of the molecule is Cc1ccccc1CN1CCN(c2cccc(Cl)c2)C(=O)C1=O. The highest BCUT2D eigenvalue weighted by atomic mass is 35.5. The van der Waals surface area contributed by atoms with Gasteiger partial charge in [0.15, 0.2) is 0 Å². The van der Waals surface area contributed by atoms with E-state index in [-0.39, 0.29) is 0 Å². The van der Waals surface area contributed by atoms with Crippen molar-refractivity contribution in [2.24, 2.45) is 0 Å². The van der Waals surface area contributed by atoms with E-state index in [4.69, 9.17) is 11.6 Å². The Balaban J connectivity index is 1.77. The zero-order valence-electron chi connectivity index (χ0n) is 12.8. The van der Waals surface area contributed by atoms with Gasteiger partial charge in [-0.2, -0.15) is 0 Å². The van der Waals surface area contributed by atoms with Crippen LogP contribution in [0.1, 0.15) is 11.1 Å². The van der Waals surface area contributed by atoms with E-state index >= 15 is 0 Å². The molecule has 0 spiro atoms. The maximum atomic E-state index is 12.4. The first-order valence-corrected chi connectivity index (χ1v) is 7.85. The molecule has 1 heterocycles. The van der Waals surface area contributed by atoms with Gasteiger partial charge in [-0.15, -0.1) is 0 Å². The van der Waals surface area contributed by atoms with Crippen molar-refractivity contribution < 1.29 is 9.59 Å². The molecule has 0 saturated carbocycles. The lowest BCUT2D eigenvalue weighted by Crippen LogP contribution is -2.54. The smallest absolute Gasteiger partial charge is 0.316 e. The number of halogens is 1. The summed E-state index contributed by atoms with van der Waals surface area (Å²) in [6.07, 6.45) is 0. The maximum absolute atomic E-state index is 12.4. The Labute approximate surface area is 140 Å². The van der Waals surface area contributed by atoms with Gasteiger partial charge in [-0.3, -0.25) is 9.59 Å². The summed E-state index contributed by atoms with van der Waals surface area (Å²) >= 11 is 5.97. The molecule has 23 heavy (non-hydrogen) atoms. The Morgan fingerprint density at radius 3 is 2.52 bits per heavy atom. The Bertz CT molecular complexity index is 760. The maximum Gasteiger partial charge on any atom is 0.316 e. The molecule has 0 atom stereocenters. The quantitative estimate of drug-likeness (QED) is 0.813. The monoisotopic (exact) mass is 328 g/mol. The number of amides is 2. The lowest BCUT2D eigenvalue weighted by molar-refractivity contribution is -0.146. The van der Waals surface area contributed by atoms with E-state index in [0.29, 0.717) is 30.3 Å². The number of hydrogen-bond donors (Lipinski definition) is 0. The van der Waals surface area contributed by atoms with Crippen molar-refractivity contribution in [3.63, 3.8) is 0 Å². The van der Waals surface area contributed by atoms with Gasteiger partial charge < -0.3 is 9.80 Å². The minimum absolute atomic E-state index is 0.459. The number of anilines is 1. The van der Waals surface area contributed by atoms with E-state index in [9.17, 15) is 9.59 Å². The van der Waals surface area contributed by atoms with Crippen LogP contribution in [0.4, 0.5) is 5.69 Å². The van der Waals surface area contributed by atoms with Gasteiger partial charge in [0.05, 0.1) is 0 Å². The number of hydrogen-bond acceptors (Lipinski definition) is 2. The minimum Gasteiger partial charge on any atom is -0.328 e. The van der Waals surface area contributed by atoms with Gasteiger partial charge in [-0.1, -0.05) is 41.9 Å². The molecule has 118 valence electrons. The molecule has 3 rings (SSSR count). The first-order chi connectivity index (χ1) is 11.1. The zero-order valence-corrected chi connectivity index (χ0v) is 13.6. The molecule has 2 amide bonds. The van der Waals surface area contributed by atoms with E-state index in [1.54, 1.807) is 29.2 Å². The van der Waals surface area contributed by atoms with Crippen molar-refractivity contribution in [1.29, 1.82) is 0 Å². The summed E-state index contributed by atoms with van der Waals surface area (Å²) in [4.78, 5) is 27.9. The summed E-state index contributed by atoms with van der Waals surface area (Å²) in [5.41, 5.74) is 2.83. The number of nitrogens with zero attached hydrogens (tertiary/aromatic N) is 2. The highest BCUT2D eigenvalue weighted by molar-refractivity contribution is 6.41. The fourth-order valence-corrected chi connectivity index (χ4v) is 2.89. The van der Waals surface area contributed by atoms with E-state index in [2.05, 4.69) is 0 Å². The molecule has 5 heteroatoms. The third-order valence-electron chi connectivity index (χ3n) is 4.05. The highest BCUT2D eigenvalue weighted by Crippen LogP contribution is 2.22. The molecule has 0 radical (unpaired) electrons. The second-order valence-corrected chi connectivity index (χ2v) is 6.03. The van der Waals surface area contributed by atoms with E-state index < -0.39 is 11.8 Å². The standard InChI is InChI=1S/C18H17ClN2O2/c1-13-5-2-3-6-14(13)12-20-9-10-21(18(23)17(20)22)16-8-4-7-15(19)11-16/h2-8,11H,9-10,12H2,1H3. The fraction of sp³-hybridized carbons (Fsp3) is 0.222. The molecule has 4 nitrogen and oxygen atoms in total. The van der Waals surface area contributed by atoms with Crippen molar-refractivity contribution in [1.82, 2.24) is 4.90 Å². The number of carbonyl (C=O) groups is 2. The van der Waals surface area contributed by atoms with Crippen LogP contribution in [0.2, 0.25) is 5.02 Å². The normalized spacial score (nSPS) is 15.2. The Hall–Kier alpha value is -2.33. The zero-order chi connectivity index (χ0) is 16.4. The average Bonchev–Trinajstić information content (AvgIpc) is 2.54. The summed E-state index contributed by atoms with van der Waals surface area (Å²) in [6.45, 7) is 3.44. The molecule has 1 aliphatic rings. The minimum atomic E-state index is -0.507. The molecule has 2 aromatic rings. The van der Waals surface area contributed by atoms with Gasteiger partial charge in [0.25, 0.3) is 0 Å². The van der Waals surface area contributed by atoms with Crippen molar-refractivity contribution in [2.45, 2.75) is 13.5 Å². The summed E-state index contributed by atoms with van der Waals surface area (Å²) in [5, 5.41) is 0.546. The molecule has 0 aliphatic carbocycles. The van der Waals surface area contributed by atoms with Crippen molar-refractivity contribution in [3.05, 3.63) is 64.7 Å². The van der Waals surface area contributed by atoms with Crippen molar-refractivity contribution in [3.8, 4) is 0 Å². The van der Waals surface area contributed by atoms with Gasteiger partial charge >= 0.3 is 11.8 Å². The first kappa shape index (κ1) is 15.6. The van der Waals surface area contributed by atoms with Crippen molar-refractivity contribution >= 4 is 29.1 Å². The summed E-state index contributed by atoms with van der Waals surface area (Å²) < 4.78 is 0. The highest BCUT2D eigenvalue weighted by Gasteiger charge is 2.33. The van der Waals surface area contributed by atoms with Gasteiger partial charge in [-0.25, -0.2) is 0 Å². The van der Waals surface area contributed by atoms with Crippen LogP contribution in [0.5, 0.6) is 0 Å². The second-order valence-electron chi connectivity index (χ2n) is 5.59. The molecule has 0 bridgehead atoms. The van der Waals surface area contributed by atoms with Crippen LogP contribution in [-0.2, 0) is 16.1 Å². The van der Waals surface area contributed by atoms with Crippen LogP contribution < -0.4 is 4.90 Å². The fourth-order valence-electron chi connectivity index (χ4n) is 2.71. The van der Waals surface area contributed by atoms with Crippen LogP contribution in [0.15, 0.2) is 48.5 Å². The molecule has 1 fully saturated rings. The van der Waals surface area contributed by atoms with E-state index in [1.807, 2.05) is 31.2 Å². The van der Waals surface area contributed by atoms with Crippen LogP contribution >= 0.6 is 11.6 Å². The molecule has 1 saturated heterocycles. The Kier molecular flexibility index (Phi) is 4.35. The van der Waals surface area contributed by atoms with E-state index in [0.717, 1.165) is 11.1 Å². The molecular weight excluding hydrogens is 312 g/mol. The lowest BCUT2D eigenvalue weighted by Gasteiger charge is -2.34. The predicted molar refractivity (Wildman–Crippen MR) is 90.4 cm³/mol.